The van der Waals surface area contributed by atoms with Gasteiger partial charge in [-0.25, -0.2) is 9.37 Å². The summed E-state index contributed by atoms with van der Waals surface area (Å²) in [6, 6.07) is 3.21. The summed E-state index contributed by atoms with van der Waals surface area (Å²) in [6.45, 7) is 0.594. The molecule has 102 valence electrons. The molecule has 3 N–H and O–H groups in total. The third kappa shape index (κ3) is 2.19. The summed E-state index contributed by atoms with van der Waals surface area (Å²) in [5, 5.41) is 0. The van der Waals surface area contributed by atoms with Crippen molar-refractivity contribution in [3.8, 4) is 0 Å². The molecule has 0 radical (unpaired) electrons. The SMILES string of the molecule is NCC1(c2nc3cc(Br)c(F)cc3[nH]2)CCCCC1. The molecule has 0 atom stereocenters. The van der Waals surface area contributed by atoms with Crippen LogP contribution in [0.25, 0.3) is 11.0 Å². The Hall–Kier alpha value is -0.940. The predicted molar refractivity (Wildman–Crippen MR) is 77.6 cm³/mol. The summed E-state index contributed by atoms with van der Waals surface area (Å²) >= 11 is 3.20. The van der Waals surface area contributed by atoms with Crippen LogP contribution in [-0.2, 0) is 5.41 Å². The molecule has 0 saturated heterocycles. The van der Waals surface area contributed by atoms with Crippen molar-refractivity contribution in [1.29, 1.82) is 0 Å². The summed E-state index contributed by atoms with van der Waals surface area (Å²) in [5.74, 6) is 0.648. The first-order chi connectivity index (χ1) is 9.14. The van der Waals surface area contributed by atoms with E-state index in [2.05, 4.69) is 25.9 Å². The van der Waals surface area contributed by atoms with Gasteiger partial charge < -0.3 is 10.7 Å². The van der Waals surface area contributed by atoms with Crippen LogP contribution < -0.4 is 5.73 Å². The maximum atomic E-state index is 13.6. The van der Waals surface area contributed by atoms with Crippen molar-refractivity contribution in [3.63, 3.8) is 0 Å². The van der Waals surface area contributed by atoms with Gasteiger partial charge in [0.25, 0.3) is 0 Å². The first-order valence-electron chi connectivity index (χ1n) is 6.70. The number of rotatable bonds is 2. The zero-order valence-corrected chi connectivity index (χ0v) is 12.3. The van der Waals surface area contributed by atoms with Crippen LogP contribution in [0.2, 0.25) is 0 Å². The highest BCUT2D eigenvalue weighted by molar-refractivity contribution is 9.10. The second-order valence-electron chi connectivity index (χ2n) is 5.41. The van der Waals surface area contributed by atoms with Crippen LogP contribution in [0, 0.1) is 5.82 Å². The maximum absolute atomic E-state index is 13.6. The molecule has 0 spiro atoms. The molecule has 0 unspecified atom stereocenters. The molecular formula is C14H17BrFN3. The average Bonchev–Trinajstić information content (AvgIpc) is 2.83. The Morgan fingerprint density at radius 1 is 1.32 bits per heavy atom. The van der Waals surface area contributed by atoms with Crippen LogP contribution in [0.4, 0.5) is 4.39 Å². The Kier molecular flexibility index (Phi) is 3.35. The van der Waals surface area contributed by atoms with E-state index in [0.717, 1.165) is 29.7 Å². The molecule has 0 aliphatic heterocycles. The first-order valence-corrected chi connectivity index (χ1v) is 7.49. The van der Waals surface area contributed by atoms with E-state index >= 15 is 0 Å². The van der Waals surface area contributed by atoms with E-state index in [1.165, 1.54) is 25.3 Å². The first kappa shape index (κ1) is 13.1. The van der Waals surface area contributed by atoms with Gasteiger partial charge in [0.2, 0.25) is 0 Å². The lowest BCUT2D eigenvalue weighted by Crippen LogP contribution is -2.38. The number of H-pyrrole nitrogens is 1. The number of aromatic amines is 1. The zero-order valence-electron chi connectivity index (χ0n) is 10.7. The van der Waals surface area contributed by atoms with E-state index in [4.69, 9.17) is 5.73 Å². The fourth-order valence-corrected chi connectivity index (χ4v) is 3.35. The van der Waals surface area contributed by atoms with Crippen molar-refractivity contribution < 1.29 is 4.39 Å². The molecule has 2 aromatic rings. The number of nitrogens with zero attached hydrogens (tertiary/aromatic N) is 1. The number of hydrogen-bond acceptors (Lipinski definition) is 2. The molecule has 3 nitrogen and oxygen atoms in total. The Morgan fingerprint density at radius 2 is 2.05 bits per heavy atom. The van der Waals surface area contributed by atoms with E-state index in [9.17, 15) is 4.39 Å². The Labute approximate surface area is 119 Å². The largest absolute Gasteiger partial charge is 0.341 e. The van der Waals surface area contributed by atoms with Crippen molar-refractivity contribution in [2.75, 3.05) is 6.54 Å². The molecule has 1 heterocycles. The minimum absolute atomic E-state index is 0.0553. The topological polar surface area (TPSA) is 54.7 Å². The van der Waals surface area contributed by atoms with Gasteiger partial charge >= 0.3 is 0 Å². The van der Waals surface area contributed by atoms with Gasteiger partial charge in [0.05, 0.1) is 15.5 Å². The Balaban J connectivity index is 2.09. The zero-order chi connectivity index (χ0) is 13.5. The Morgan fingerprint density at radius 3 is 2.74 bits per heavy atom. The van der Waals surface area contributed by atoms with Crippen LogP contribution in [0.5, 0.6) is 0 Å². The molecule has 3 rings (SSSR count). The number of aromatic nitrogens is 2. The van der Waals surface area contributed by atoms with Crippen molar-refractivity contribution >= 4 is 27.0 Å². The van der Waals surface area contributed by atoms with Gasteiger partial charge in [0, 0.05) is 18.0 Å². The Bertz CT molecular complexity index is 563. The lowest BCUT2D eigenvalue weighted by atomic mass is 9.73. The average molecular weight is 326 g/mol. The quantitative estimate of drug-likeness (QED) is 0.885. The predicted octanol–water partition coefficient (Wildman–Crippen LogP) is 3.63. The van der Waals surface area contributed by atoms with E-state index in [-0.39, 0.29) is 11.2 Å². The molecule has 5 heteroatoms. The third-order valence-corrected chi connectivity index (χ3v) is 4.84. The molecule has 19 heavy (non-hydrogen) atoms. The summed E-state index contributed by atoms with van der Waals surface area (Å²) < 4.78 is 14.0. The second-order valence-corrected chi connectivity index (χ2v) is 6.27. The highest BCUT2D eigenvalue weighted by Gasteiger charge is 2.35. The highest BCUT2D eigenvalue weighted by atomic mass is 79.9. The van der Waals surface area contributed by atoms with Crippen LogP contribution in [-0.4, -0.2) is 16.5 Å². The highest BCUT2D eigenvalue weighted by Crippen LogP contribution is 2.38. The number of nitrogens with one attached hydrogen (secondary N) is 1. The van der Waals surface area contributed by atoms with Gasteiger partial charge in [-0.15, -0.1) is 0 Å². The van der Waals surface area contributed by atoms with Crippen molar-refractivity contribution in [1.82, 2.24) is 9.97 Å². The minimum Gasteiger partial charge on any atom is -0.341 e. The standard InChI is InChI=1S/C14H17BrFN3/c15-9-6-11-12(7-10(9)16)19-13(18-11)14(8-17)4-2-1-3-5-14/h6-7H,1-5,8,17H2,(H,18,19). The molecular weight excluding hydrogens is 309 g/mol. The van der Waals surface area contributed by atoms with Gasteiger partial charge in [-0.05, 0) is 34.8 Å². The summed E-state index contributed by atoms with van der Waals surface area (Å²) in [4.78, 5) is 7.92. The number of nitrogens with two attached hydrogens (primary N) is 1. The van der Waals surface area contributed by atoms with Gasteiger partial charge in [-0.2, -0.15) is 0 Å². The molecule has 1 saturated carbocycles. The molecule has 0 bridgehead atoms. The summed E-state index contributed by atoms with van der Waals surface area (Å²) in [5.41, 5.74) is 7.49. The van der Waals surface area contributed by atoms with Crippen LogP contribution in [0.3, 0.4) is 0 Å². The molecule has 1 aromatic heterocycles. The van der Waals surface area contributed by atoms with Crippen LogP contribution in [0.15, 0.2) is 16.6 Å². The molecule has 1 aliphatic carbocycles. The fraction of sp³-hybridized carbons (Fsp3) is 0.500. The van der Waals surface area contributed by atoms with Crippen molar-refractivity contribution in [3.05, 3.63) is 28.2 Å². The van der Waals surface area contributed by atoms with Gasteiger partial charge in [0.15, 0.2) is 0 Å². The van der Waals surface area contributed by atoms with Gasteiger partial charge in [-0.1, -0.05) is 19.3 Å². The monoisotopic (exact) mass is 325 g/mol. The number of fused-ring (bicyclic) bond motifs is 1. The van der Waals surface area contributed by atoms with E-state index < -0.39 is 0 Å². The van der Waals surface area contributed by atoms with Crippen molar-refractivity contribution in [2.45, 2.75) is 37.5 Å². The normalized spacial score (nSPS) is 18.9. The molecule has 1 aromatic carbocycles. The van der Waals surface area contributed by atoms with Gasteiger partial charge in [0.1, 0.15) is 11.6 Å². The smallest absolute Gasteiger partial charge is 0.139 e. The lowest BCUT2D eigenvalue weighted by Gasteiger charge is -2.34. The lowest BCUT2D eigenvalue weighted by molar-refractivity contribution is 0.288. The van der Waals surface area contributed by atoms with Crippen molar-refractivity contribution in [2.24, 2.45) is 5.73 Å². The summed E-state index contributed by atoms with van der Waals surface area (Å²) in [7, 11) is 0. The number of hydrogen-bond donors (Lipinski definition) is 2. The van der Waals surface area contributed by atoms with E-state index in [1.807, 2.05) is 0 Å². The molecule has 0 amide bonds. The number of benzene rings is 1. The molecule has 1 fully saturated rings. The number of imidazole rings is 1. The second kappa shape index (κ2) is 4.87. The molecule has 1 aliphatic rings. The maximum Gasteiger partial charge on any atom is 0.139 e. The third-order valence-electron chi connectivity index (χ3n) is 4.23. The minimum atomic E-state index is -0.270. The summed E-state index contributed by atoms with van der Waals surface area (Å²) in [6.07, 6.45) is 5.76. The van der Waals surface area contributed by atoms with E-state index in [1.54, 1.807) is 6.07 Å². The van der Waals surface area contributed by atoms with Gasteiger partial charge in [-0.3, -0.25) is 0 Å². The van der Waals surface area contributed by atoms with E-state index in [0.29, 0.717) is 11.0 Å². The van der Waals surface area contributed by atoms with Crippen LogP contribution >= 0.6 is 15.9 Å². The van der Waals surface area contributed by atoms with Crippen LogP contribution in [0.1, 0.15) is 37.9 Å². The fourth-order valence-electron chi connectivity index (χ4n) is 3.02. The number of halogens is 2.